The van der Waals surface area contributed by atoms with Crippen LogP contribution in [0, 0.1) is 29.0 Å². The number of nitriles is 1. The van der Waals surface area contributed by atoms with E-state index in [-0.39, 0.29) is 12.4 Å². The Bertz CT molecular complexity index is 484. The third kappa shape index (κ3) is 3.78. The molecule has 0 aliphatic heterocycles. The zero-order valence-corrected chi connectivity index (χ0v) is 11.6. The molecule has 2 N–H and O–H groups in total. The Labute approximate surface area is 119 Å². The normalized spacial score (nSPS) is 22.4. The lowest BCUT2D eigenvalue weighted by Crippen LogP contribution is -2.29. The molecule has 1 aromatic carbocycles. The Morgan fingerprint density at radius 3 is 2.70 bits per heavy atom. The van der Waals surface area contributed by atoms with Crippen molar-refractivity contribution >= 4 is 0 Å². The van der Waals surface area contributed by atoms with Crippen molar-refractivity contribution in [3.63, 3.8) is 0 Å². The van der Waals surface area contributed by atoms with Crippen LogP contribution in [-0.2, 0) is 11.3 Å². The van der Waals surface area contributed by atoms with Crippen molar-refractivity contribution in [1.29, 1.82) is 5.26 Å². The van der Waals surface area contributed by atoms with Gasteiger partial charge in [0.25, 0.3) is 0 Å². The summed E-state index contributed by atoms with van der Waals surface area (Å²) in [4.78, 5) is 0. The molecular formula is C16H21FN2O. The van der Waals surface area contributed by atoms with E-state index in [1.54, 1.807) is 12.1 Å². The van der Waals surface area contributed by atoms with Gasteiger partial charge in [-0.1, -0.05) is 18.9 Å². The Balaban J connectivity index is 1.85. The van der Waals surface area contributed by atoms with E-state index in [1.807, 2.05) is 6.07 Å². The lowest BCUT2D eigenvalue weighted by atomic mass is 9.80. The molecule has 3 nitrogen and oxygen atoms in total. The van der Waals surface area contributed by atoms with Crippen LogP contribution in [0.1, 0.15) is 36.8 Å². The monoisotopic (exact) mass is 276 g/mol. The summed E-state index contributed by atoms with van der Waals surface area (Å²) in [5.41, 5.74) is 6.63. The highest BCUT2D eigenvalue weighted by Crippen LogP contribution is 2.29. The predicted molar refractivity (Wildman–Crippen MR) is 75.3 cm³/mol. The minimum Gasteiger partial charge on any atom is -0.376 e. The van der Waals surface area contributed by atoms with Crippen LogP contribution in [0.5, 0.6) is 0 Å². The summed E-state index contributed by atoms with van der Waals surface area (Å²) >= 11 is 0. The lowest BCUT2D eigenvalue weighted by Gasteiger charge is -2.30. The molecule has 0 saturated heterocycles. The molecule has 4 heteroatoms. The van der Waals surface area contributed by atoms with Crippen molar-refractivity contribution in [3.05, 3.63) is 35.1 Å². The van der Waals surface area contributed by atoms with E-state index in [0.29, 0.717) is 36.1 Å². The van der Waals surface area contributed by atoms with E-state index in [9.17, 15) is 4.39 Å². The standard InChI is InChI=1S/C16H21FN2O/c17-16-7-12(8-18)5-6-15(16)11-20-10-14-4-2-1-3-13(14)9-19/h5-7,13-14H,1-4,9-11,19H2. The summed E-state index contributed by atoms with van der Waals surface area (Å²) < 4.78 is 19.4. The van der Waals surface area contributed by atoms with Crippen molar-refractivity contribution in [1.82, 2.24) is 0 Å². The van der Waals surface area contributed by atoms with Crippen LogP contribution >= 0.6 is 0 Å². The average molecular weight is 276 g/mol. The number of ether oxygens (including phenoxy) is 1. The molecule has 20 heavy (non-hydrogen) atoms. The average Bonchev–Trinajstić information content (AvgIpc) is 2.49. The maximum absolute atomic E-state index is 13.7. The molecule has 0 heterocycles. The summed E-state index contributed by atoms with van der Waals surface area (Å²) in [5, 5.41) is 8.70. The quantitative estimate of drug-likeness (QED) is 0.899. The molecule has 2 atom stereocenters. The van der Waals surface area contributed by atoms with Crippen LogP contribution in [0.15, 0.2) is 18.2 Å². The van der Waals surface area contributed by atoms with Gasteiger partial charge in [-0.05, 0) is 43.4 Å². The van der Waals surface area contributed by atoms with Gasteiger partial charge in [-0.2, -0.15) is 5.26 Å². The highest BCUT2D eigenvalue weighted by Gasteiger charge is 2.23. The van der Waals surface area contributed by atoms with Gasteiger partial charge < -0.3 is 10.5 Å². The fraction of sp³-hybridized carbons (Fsp3) is 0.562. The Morgan fingerprint density at radius 2 is 2.05 bits per heavy atom. The topological polar surface area (TPSA) is 59.0 Å². The summed E-state index contributed by atoms with van der Waals surface area (Å²) in [6.07, 6.45) is 4.81. The van der Waals surface area contributed by atoms with Crippen LogP contribution < -0.4 is 5.73 Å². The lowest BCUT2D eigenvalue weighted by molar-refractivity contribution is 0.0499. The van der Waals surface area contributed by atoms with Gasteiger partial charge in [0.15, 0.2) is 0 Å². The van der Waals surface area contributed by atoms with Gasteiger partial charge in [0, 0.05) is 5.56 Å². The first-order chi connectivity index (χ1) is 9.74. The molecule has 1 aromatic rings. The molecule has 0 spiro atoms. The van der Waals surface area contributed by atoms with Crippen molar-refractivity contribution in [3.8, 4) is 6.07 Å². The molecule has 2 rings (SSSR count). The molecule has 1 fully saturated rings. The van der Waals surface area contributed by atoms with Crippen molar-refractivity contribution in [2.75, 3.05) is 13.2 Å². The van der Waals surface area contributed by atoms with Crippen LogP contribution in [0.3, 0.4) is 0 Å². The van der Waals surface area contributed by atoms with Gasteiger partial charge in [0.1, 0.15) is 5.82 Å². The van der Waals surface area contributed by atoms with Crippen LogP contribution in [-0.4, -0.2) is 13.2 Å². The molecule has 0 aromatic heterocycles. The van der Waals surface area contributed by atoms with Gasteiger partial charge in [-0.3, -0.25) is 0 Å². The minimum atomic E-state index is -0.372. The maximum Gasteiger partial charge on any atom is 0.130 e. The first kappa shape index (κ1) is 15.0. The van der Waals surface area contributed by atoms with E-state index in [4.69, 9.17) is 15.7 Å². The second kappa shape index (κ2) is 7.37. The van der Waals surface area contributed by atoms with Crippen molar-refractivity contribution < 1.29 is 9.13 Å². The molecule has 0 bridgehead atoms. The second-order valence-electron chi connectivity index (χ2n) is 5.47. The van der Waals surface area contributed by atoms with Gasteiger partial charge in [0.05, 0.1) is 24.8 Å². The van der Waals surface area contributed by atoms with E-state index < -0.39 is 0 Å². The van der Waals surface area contributed by atoms with Gasteiger partial charge in [0.2, 0.25) is 0 Å². The third-order valence-electron chi connectivity index (χ3n) is 4.14. The molecule has 1 saturated carbocycles. The second-order valence-corrected chi connectivity index (χ2v) is 5.47. The SMILES string of the molecule is N#Cc1ccc(COCC2CCCCC2CN)c(F)c1. The predicted octanol–water partition coefficient (Wildman–Crippen LogP) is 2.98. The van der Waals surface area contributed by atoms with Crippen LogP contribution in [0.2, 0.25) is 0 Å². The first-order valence-electron chi connectivity index (χ1n) is 7.21. The van der Waals surface area contributed by atoms with E-state index in [2.05, 4.69) is 0 Å². The Kier molecular flexibility index (Phi) is 5.51. The fourth-order valence-electron chi connectivity index (χ4n) is 2.87. The zero-order chi connectivity index (χ0) is 14.4. The molecule has 2 unspecified atom stereocenters. The number of rotatable bonds is 5. The summed E-state index contributed by atoms with van der Waals surface area (Å²) in [6.45, 7) is 1.60. The van der Waals surface area contributed by atoms with Crippen LogP contribution in [0.4, 0.5) is 4.39 Å². The third-order valence-corrected chi connectivity index (χ3v) is 4.14. The van der Waals surface area contributed by atoms with Gasteiger partial charge in [-0.25, -0.2) is 4.39 Å². The molecule has 0 radical (unpaired) electrons. The minimum absolute atomic E-state index is 0.255. The fourth-order valence-corrected chi connectivity index (χ4v) is 2.87. The molecule has 1 aliphatic carbocycles. The smallest absolute Gasteiger partial charge is 0.130 e. The number of benzene rings is 1. The van der Waals surface area contributed by atoms with Crippen molar-refractivity contribution in [2.45, 2.75) is 32.3 Å². The summed E-state index contributed by atoms with van der Waals surface area (Å²) in [5.74, 6) is 0.660. The Hall–Kier alpha value is -1.44. The number of hydrogen-bond donors (Lipinski definition) is 1. The Morgan fingerprint density at radius 1 is 1.30 bits per heavy atom. The van der Waals surface area contributed by atoms with Crippen molar-refractivity contribution in [2.24, 2.45) is 17.6 Å². The molecular weight excluding hydrogens is 255 g/mol. The largest absolute Gasteiger partial charge is 0.376 e. The highest BCUT2D eigenvalue weighted by atomic mass is 19.1. The highest BCUT2D eigenvalue weighted by molar-refractivity contribution is 5.32. The number of nitrogens with zero attached hydrogens (tertiary/aromatic N) is 1. The van der Waals surface area contributed by atoms with Gasteiger partial charge >= 0.3 is 0 Å². The van der Waals surface area contributed by atoms with E-state index in [0.717, 1.165) is 6.42 Å². The molecule has 0 amide bonds. The van der Waals surface area contributed by atoms with Crippen LogP contribution in [0.25, 0.3) is 0 Å². The molecule has 108 valence electrons. The van der Waals surface area contributed by atoms with E-state index in [1.165, 1.54) is 25.3 Å². The summed E-state index contributed by atoms with van der Waals surface area (Å²) in [6, 6.07) is 6.41. The van der Waals surface area contributed by atoms with E-state index >= 15 is 0 Å². The van der Waals surface area contributed by atoms with Gasteiger partial charge in [-0.15, -0.1) is 0 Å². The summed E-state index contributed by atoms with van der Waals surface area (Å²) in [7, 11) is 0. The first-order valence-corrected chi connectivity index (χ1v) is 7.21. The number of halogens is 1. The molecule has 1 aliphatic rings. The maximum atomic E-state index is 13.7. The zero-order valence-electron chi connectivity index (χ0n) is 11.6. The number of nitrogens with two attached hydrogens (primary N) is 1. The number of hydrogen-bond acceptors (Lipinski definition) is 3.